The summed E-state index contributed by atoms with van der Waals surface area (Å²) >= 11 is 0. The minimum Gasteiger partial charge on any atom is -0.497 e. The van der Waals surface area contributed by atoms with Gasteiger partial charge in [-0.25, -0.2) is 4.39 Å². The van der Waals surface area contributed by atoms with Crippen molar-refractivity contribution in [3.8, 4) is 11.5 Å². The molecule has 0 aliphatic rings. The van der Waals surface area contributed by atoms with Gasteiger partial charge in [-0.3, -0.25) is 4.79 Å². The Kier molecular flexibility index (Phi) is 5.71. The molecule has 0 radical (unpaired) electrons. The molecule has 1 atom stereocenters. The average molecular weight is 365 g/mol. The molecule has 1 unspecified atom stereocenters. The fraction of sp³-hybridized carbons (Fsp3) is 0.136. The number of carbonyl (C=O) groups excluding carboxylic acids is 1. The van der Waals surface area contributed by atoms with Crippen LogP contribution in [0.1, 0.15) is 27.5 Å². The van der Waals surface area contributed by atoms with Gasteiger partial charge in [0.15, 0.2) is 0 Å². The summed E-state index contributed by atoms with van der Waals surface area (Å²) in [6.45, 7) is 0. The van der Waals surface area contributed by atoms with Crippen molar-refractivity contribution in [2.24, 2.45) is 0 Å². The zero-order valence-corrected chi connectivity index (χ0v) is 15.1. The second-order valence-corrected chi connectivity index (χ2v) is 5.94. The van der Waals surface area contributed by atoms with Crippen molar-refractivity contribution in [2.45, 2.75) is 6.04 Å². The highest BCUT2D eigenvalue weighted by molar-refractivity contribution is 5.95. The van der Waals surface area contributed by atoms with E-state index in [1.807, 2.05) is 54.6 Å². The molecule has 1 N–H and O–H groups in total. The fourth-order valence-electron chi connectivity index (χ4n) is 2.82. The third kappa shape index (κ3) is 4.26. The van der Waals surface area contributed by atoms with Gasteiger partial charge in [0.25, 0.3) is 5.91 Å². The Labute approximate surface area is 157 Å². The second kappa shape index (κ2) is 8.36. The Balaban J connectivity index is 1.92. The Hall–Kier alpha value is -3.34. The number of rotatable bonds is 6. The Morgan fingerprint density at radius 2 is 1.44 bits per heavy atom. The number of methoxy groups -OCH3 is 2. The van der Waals surface area contributed by atoms with Gasteiger partial charge < -0.3 is 14.8 Å². The topological polar surface area (TPSA) is 47.6 Å². The van der Waals surface area contributed by atoms with Gasteiger partial charge in [-0.2, -0.15) is 0 Å². The van der Waals surface area contributed by atoms with Crippen molar-refractivity contribution in [3.63, 3.8) is 0 Å². The summed E-state index contributed by atoms with van der Waals surface area (Å²) in [4.78, 5) is 12.7. The molecule has 0 spiro atoms. The normalized spacial score (nSPS) is 11.5. The third-order valence-electron chi connectivity index (χ3n) is 4.28. The van der Waals surface area contributed by atoms with E-state index in [0.717, 1.165) is 16.9 Å². The van der Waals surface area contributed by atoms with E-state index in [9.17, 15) is 9.18 Å². The van der Waals surface area contributed by atoms with Crippen LogP contribution in [0.5, 0.6) is 11.5 Å². The van der Waals surface area contributed by atoms with Crippen LogP contribution in [0.15, 0.2) is 72.8 Å². The first-order valence-electron chi connectivity index (χ1n) is 8.45. The molecule has 3 aromatic rings. The zero-order valence-electron chi connectivity index (χ0n) is 15.1. The Morgan fingerprint density at radius 1 is 0.852 bits per heavy atom. The number of hydrogen-bond donors (Lipinski definition) is 1. The summed E-state index contributed by atoms with van der Waals surface area (Å²) in [5, 5.41) is 2.92. The highest BCUT2D eigenvalue weighted by Crippen LogP contribution is 2.25. The smallest absolute Gasteiger partial charge is 0.255 e. The SMILES string of the molecule is COc1ccc(C(NC(=O)c2ccc(OC)cc2F)c2ccccc2)cc1. The highest BCUT2D eigenvalue weighted by Gasteiger charge is 2.20. The van der Waals surface area contributed by atoms with Crippen LogP contribution in [0.3, 0.4) is 0 Å². The summed E-state index contributed by atoms with van der Waals surface area (Å²) in [5.41, 5.74) is 1.72. The van der Waals surface area contributed by atoms with Gasteiger partial charge in [0.05, 0.1) is 25.8 Å². The molecule has 0 aliphatic heterocycles. The Bertz CT molecular complexity index is 911. The van der Waals surface area contributed by atoms with Gasteiger partial charge in [0.1, 0.15) is 17.3 Å². The largest absolute Gasteiger partial charge is 0.497 e. The lowest BCUT2D eigenvalue weighted by atomic mass is 9.98. The summed E-state index contributed by atoms with van der Waals surface area (Å²) in [6, 6.07) is 20.7. The molecule has 138 valence electrons. The van der Waals surface area contributed by atoms with Crippen LogP contribution in [0.25, 0.3) is 0 Å². The number of nitrogens with one attached hydrogen (secondary N) is 1. The van der Waals surface area contributed by atoms with E-state index < -0.39 is 17.8 Å². The molecular weight excluding hydrogens is 345 g/mol. The van der Waals surface area contributed by atoms with Gasteiger partial charge >= 0.3 is 0 Å². The van der Waals surface area contributed by atoms with Crippen LogP contribution in [-0.2, 0) is 0 Å². The van der Waals surface area contributed by atoms with E-state index in [0.29, 0.717) is 5.75 Å². The van der Waals surface area contributed by atoms with E-state index in [2.05, 4.69) is 5.32 Å². The van der Waals surface area contributed by atoms with E-state index in [1.54, 1.807) is 13.2 Å². The monoisotopic (exact) mass is 365 g/mol. The highest BCUT2D eigenvalue weighted by atomic mass is 19.1. The predicted octanol–water partition coefficient (Wildman–Crippen LogP) is 4.36. The van der Waals surface area contributed by atoms with Gasteiger partial charge in [-0.1, -0.05) is 42.5 Å². The molecule has 0 aliphatic carbocycles. The maximum absolute atomic E-state index is 14.3. The van der Waals surface area contributed by atoms with Crippen LogP contribution < -0.4 is 14.8 Å². The maximum Gasteiger partial charge on any atom is 0.255 e. The molecule has 0 bridgehead atoms. The van der Waals surface area contributed by atoms with Gasteiger partial charge in [0, 0.05) is 6.07 Å². The molecule has 0 saturated heterocycles. The number of halogens is 1. The molecule has 0 saturated carbocycles. The van der Waals surface area contributed by atoms with Gasteiger partial charge in [-0.05, 0) is 35.4 Å². The van der Waals surface area contributed by atoms with E-state index in [4.69, 9.17) is 9.47 Å². The number of ether oxygens (including phenoxy) is 2. The minimum atomic E-state index is -0.631. The van der Waals surface area contributed by atoms with Crippen molar-refractivity contribution >= 4 is 5.91 Å². The van der Waals surface area contributed by atoms with Gasteiger partial charge in [0.2, 0.25) is 0 Å². The maximum atomic E-state index is 14.3. The van der Waals surface area contributed by atoms with Crippen molar-refractivity contribution < 1.29 is 18.7 Å². The summed E-state index contributed by atoms with van der Waals surface area (Å²) in [6.07, 6.45) is 0. The quantitative estimate of drug-likeness (QED) is 0.706. The van der Waals surface area contributed by atoms with Gasteiger partial charge in [-0.15, -0.1) is 0 Å². The molecule has 0 heterocycles. The average Bonchev–Trinajstić information content (AvgIpc) is 2.72. The molecule has 27 heavy (non-hydrogen) atoms. The van der Waals surface area contributed by atoms with Crippen LogP contribution in [0, 0.1) is 5.82 Å². The molecule has 0 aromatic heterocycles. The summed E-state index contributed by atoms with van der Waals surface area (Å²) in [7, 11) is 3.04. The second-order valence-electron chi connectivity index (χ2n) is 5.94. The van der Waals surface area contributed by atoms with Crippen LogP contribution >= 0.6 is 0 Å². The number of amides is 1. The van der Waals surface area contributed by atoms with E-state index >= 15 is 0 Å². The van der Waals surface area contributed by atoms with Crippen molar-refractivity contribution in [1.82, 2.24) is 5.32 Å². The number of benzene rings is 3. The van der Waals surface area contributed by atoms with Crippen molar-refractivity contribution in [1.29, 1.82) is 0 Å². The van der Waals surface area contributed by atoms with Crippen LogP contribution in [0.4, 0.5) is 4.39 Å². The van der Waals surface area contributed by atoms with E-state index in [-0.39, 0.29) is 5.56 Å². The molecule has 5 heteroatoms. The predicted molar refractivity (Wildman–Crippen MR) is 102 cm³/mol. The molecule has 3 aromatic carbocycles. The molecule has 0 fully saturated rings. The third-order valence-corrected chi connectivity index (χ3v) is 4.28. The summed E-state index contributed by atoms with van der Waals surface area (Å²) in [5.74, 6) is -0.0508. The lowest BCUT2D eigenvalue weighted by molar-refractivity contribution is 0.0939. The van der Waals surface area contributed by atoms with Crippen molar-refractivity contribution in [2.75, 3.05) is 14.2 Å². The zero-order chi connectivity index (χ0) is 19.2. The lowest BCUT2D eigenvalue weighted by Crippen LogP contribution is -2.30. The van der Waals surface area contributed by atoms with Crippen LogP contribution in [-0.4, -0.2) is 20.1 Å². The Morgan fingerprint density at radius 3 is 2.04 bits per heavy atom. The summed E-state index contributed by atoms with van der Waals surface area (Å²) < 4.78 is 24.5. The molecule has 1 amide bonds. The first kappa shape index (κ1) is 18.5. The standard InChI is InChI=1S/C22H20FNO3/c1-26-17-10-8-16(9-11-17)21(15-6-4-3-5-7-15)24-22(25)19-13-12-18(27-2)14-20(19)23/h3-14,21H,1-2H3,(H,24,25). The number of hydrogen-bond acceptors (Lipinski definition) is 3. The minimum absolute atomic E-state index is 0.0368. The van der Waals surface area contributed by atoms with Crippen LogP contribution in [0.2, 0.25) is 0 Å². The first-order valence-corrected chi connectivity index (χ1v) is 8.45. The molecule has 3 rings (SSSR count). The van der Waals surface area contributed by atoms with E-state index in [1.165, 1.54) is 19.2 Å². The lowest BCUT2D eigenvalue weighted by Gasteiger charge is -2.20. The number of carbonyl (C=O) groups is 1. The fourth-order valence-corrected chi connectivity index (χ4v) is 2.82. The molecular formula is C22H20FNO3. The van der Waals surface area contributed by atoms with Crippen molar-refractivity contribution in [3.05, 3.63) is 95.3 Å². The molecule has 4 nitrogen and oxygen atoms in total. The first-order chi connectivity index (χ1) is 13.1.